The molecule has 1 aromatic heterocycles. The van der Waals surface area contributed by atoms with Crippen molar-refractivity contribution in [2.45, 2.75) is 13.8 Å². The van der Waals surface area contributed by atoms with Crippen LogP contribution in [0.25, 0.3) is 10.6 Å². The highest BCUT2D eigenvalue weighted by Gasteiger charge is 2.15. The van der Waals surface area contributed by atoms with Crippen LogP contribution in [0.1, 0.15) is 22.3 Å². The lowest BCUT2D eigenvalue weighted by Crippen LogP contribution is -2.08. The van der Waals surface area contributed by atoms with E-state index in [0.29, 0.717) is 26.8 Å². The smallest absolute Gasteiger partial charge is 0.409 e. The average Bonchev–Trinajstić information content (AvgIpc) is 2.71. The molecule has 1 aromatic carbocycles. The fourth-order valence-electron chi connectivity index (χ4n) is 1.73. The number of Topliss-reactive ketones (excluding diaryl/α,β-unsaturated/α-hetero) is 1. The van der Waals surface area contributed by atoms with Crippen LogP contribution in [-0.4, -0.2) is 22.0 Å². The van der Waals surface area contributed by atoms with E-state index in [1.807, 2.05) is 0 Å². The van der Waals surface area contributed by atoms with Gasteiger partial charge in [-0.2, -0.15) is 0 Å². The quantitative estimate of drug-likeness (QED) is 0.842. The number of para-hydroxylation sites is 1. The Hall–Kier alpha value is -2.21. The van der Waals surface area contributed by atoms with Crippen LogP contribution in [0.4, 0.5) is 10.5 Å². The second-order valence-corrected chi connectivity index (χ2v) is 4.96. The zero-order chi connectivity index (χ0) is 14.0. The van der Waals surface area contributed by atoms with Crippen LogP contribution in [0.2, 0.25) is 0 Å². The van der Waals surface area contributed by atoms with Crippen LogP contribution in [0.15, 0.2) is 24.3 Å². The number of thiazole rings is 1. The van der Waals surface area contributed by atoms with E-state index in [0.717, 1.165) is 0 Å². The molecule has 0 radical (unpaired) electrons. The monoisotopic (exact) mass is 276 g/mol. The van der Waals surface area contributed by atoms with Gasteiger partial charge in [0.05, 0.1) is 16.3 Å². The normalized spacial score (nSPS) is 10.2. The van der Waals surface area contributed by atoms with Crippen LogP contribution in [0.5, 0.6) is 0 Å². The van der Waals surface area contributed by atoms with Gasteiger partial charge in [-0.05, 0) is 19.1 Å². The van der Waals surface area contributed by atoms with Gasteiger partial charge in [-0.3, -0.25) is 10.1 Å². The van der Waals surface area contributed by atoms with Gasteiger partial charge in [-0.25, -0.2) is 9.78 Å². The number of hydrogen-bond acceptors (Lipinski definition) is 4. The summed E-state index contributed by atoms with van der Waals surface area (Å²) in [5.41, 5.74) is 1.79. The first-order valence-corrected chi connectivity index (χ1v) is 6.38. The zero-order valence-electron chi connectivity index (χ0n) is 10.4. The molecule has 2 N–H and O–H groups in total. The molecule has 5 nitrogen and oxygen atoms in total. The number of carbonyl (C=O) groups is 2. The summed E-state index contributed by atoms with van der Waals surface area (Å²) in [5.74, 6) is -0.0371. The molecule has 0 atom stereocenters. The van der Waals surface area contributed by atoms with Crippen molar-refractivity contribution in [2.24, 2.45) is 0 Å². The first-order chi connectivity index (χ1) is 8.99. The summed E-state index contributed by atoms with van der Waals surface area (Å²) in [6, 6.07) is 6.97. The van der Waals surface area contributed by atoms with E-state index in [1.165, 1.54) is 18.3 Å². The Morgan fingerprint density at radius 2 is 2.00 bits per heavy atom. The predicted octanol–water partition coefficient (Wildman–Crippen LogP) is 3.41. The van der Waals surface area contributed by atoms with Crippen molar-refractivity contribution in [3.8, 4) is 10.6 Å². The molecule has 2 rings (SSSR count). The molecule has 2 aromatic rings. The maximum Gasteiger partial charge on any atom is 0.409 e. The van der Waals surface area contributed by atoms with Crippen molar-refractivity contribution in [3.63, 3.8) is 0 Å². The number of ketones is 1. The molecule has 98 valence electrons. The van der Waals surface area contributed by atoms with Gasteiger partial charge in [-0.15, -0.1) is 11.3 Å². The van der Waals surface area contributed by atoms with Gasteiger partial charge in [0.15, 0.2) is 5.78 Å². The molecule has 0 aliphatic heterocycles. The summed E-state index contributed by atoms with van der Waals surface area (Å²) in [4.78, 5) is 27.1. The van der Waals surface area contributed by atoms with Gasteiger partial charge in [0.2, 0.25) is 0 Å². The Morgan fingerprint density at radius 1 is 1.32 bits per heavy atom. The van der Waals surface area contributed by atoms with Crippen molar-refractivity contribution < 1.29 is 14.7 Å². The maximum absolute atomic E-state index is 11.4. The number of carbonyl (C=O) groups excluding carboxylic acids is 1. The molecular formula is C13H12N2O3S. The highest BCUT2D eigenvalue weighted by atomic mass is 32.1. The molecule has 0 aliphatic rings. The Kier molecular flexibility index (Phi) is 3.62. The maximum atomic E-state index is 11.4. The lowest BCUT2D eigenvalue weighted by atomic mass is 10.2. The predicted molar refractivity (Wildman–Crippen MR) is 73.9 cm³/mol. The number of benzene rings is 1. The van der Waals surface area contributed by atoms with Crippen molar-refractivity contribution in [3.05, 3.63) is 34.8 Å². The minimum atomic E-state index is -1.13. The standard InChI is InChI=1S/C13H12N2O3S/c1-7-11(8(2)16)19-12(14-7)9-5-3-4-6-10(9)15-13(17)18/h3-6,15H,1-2H3,(H,17,18). The number of anilines is 1. The molecular weight excluding hydrogens is 264 g/mol. The number of hydrogen-bond donors (Lipinski definition) is 2. The summed E-state index contributed by atoms with van der Waals surface area (Å²) in [6.07, 6.45) is -1.13. The molecule has 1 amide bonds. The Bertz CT molecular complexity index is 649. The molecule has 0 spiro atoms. The van der Waals surface area contributed by atoms with Crippen LogP contribution in [0, 0.1) is 6.92 Å². The van der Waals surface area contributed by atoms with Crippen molar-refractivity contribution in [2.75, 3.05) is 5.32 Å². The number of rotatable bonds is 3. The number of nitrogens with zero attached hydrogens (tertiary/aromatic N) is 1. The summed E-state index contributed by atoms with van der Waals surface area (Å²) in [7, 11) is 0. The largest absolute Gasteiger partial charge is 0.465 e. The minimum absolute atomic E-state index is 0.0371. The summed E-state index contributed by atoms with van der Waals surface area (Å²) < 4.78 is 0. The zero-order valence-corrected chi connectivity index (χ0v) is 11.2. The van der Waals surface area contributed by atoms with E-state index in [4.69, 9.17) is 5.11 Å². The number of nitrogens with one attached hydrogen (secondary N) is 1. The molecule has 6 heteroatoms. The molecule has 19 heavy (non-hydrogen) atoms. The number of aryl methyl sites for hydroxylation is 1. The van der Waals surface area contributed by atoms with Crippen LogP contribution >= 0.6 is 11.3 Å². The third-order valence-corrected chi connectivity index (χ3v) is 3.81. The van der Waals surface area contributed by atoms with Gasteiger partial charge in [0, 0.05) is 12.5 Å². The highest BCUT2D eigenvalue weighted by Crippen LogP contribution is 2.33. The van der Waals surface area contributed by atoms with Crippen molar-refractivity contribution in [1.29, 1.82) is 0 Å². The van der Waals surface area contributed by atoms with E-state index in [1.54, 1.807) is 31.2 Å². The first kappa shape index (κ1) is 13.2. The number of aromatic nitrogens is 1. The lowest BCUT2D eigenvalue weighted by molar-refractivity contribution is 0.102. The Labute approximate surface area is 113 Å². The lowest BCUT2D eigenvalue weighted by Gasteiger charge is -2.05. The van der Waals surface area contributed by atoms with E-state index in [-0.39, 0.29) is 5.78 Å². The molecule has 0 fully saturated rings. The Balaban J connectivity index is 2.50. The van der Waals surface area contributed by atoms with Crippen LogP contribution < -0.4 is 5.32 Å². The summed E-state index contributed by atoms with van der Waals surface area (Å²) in [6.45, 7) is 3.26. The fourth-order valence-corrected chi connectivity index (χ4v) is 2.73. The third-order valence-electron chi connectivity index (χ3n) is 2.52. The first-order valence-electron chi connectivity index (χ1n) is 5.56. The van der Waals surface area contributed by atoms with Gasteiger partial charge >= 0.3 is 6.09 Å². The second kappa shape index (κ2) is 5.19. The average molecular weight is 276 g/mol. The molecule has 0 unspecified atom stereocenters. The van der Waals surface area contributed by atoms with Gasteiger partial charge in [-0.1, -0.05) is 12.1 Å². The molecule has 0 saturated carbocycles. The topological polar surface area (TPSA) is 79.3 Å². The third kappa shape index (κ3) is 2.79. The van der Waals surface area contributed by atoms with Gasteiger partial charge < -0.3 is 5.11 Å². The summed E-state index contributed by atoms with van der Waals surface area (Å²) in [5, 5.41) is 11.8. The van der Waals surface area contributed by atoms with E-state index < -0.39 is 6.09 Å². The minimum Gasteiger partial charge on any atom is -0.465 e. The molecule has 0 saturated heterocycles. The number of amides is 1. The molecule has 0 bridgehead atoms. The SMILES string of the molecule is CC(=O)c1sc(-c2ccccc2NC(=O)O)nc1C. The molecule has 1 heterocycles. The van der Waals surface area contributed by atoms with E-state index in [2.05, 4.69) is 10.3 Å². The number of carboxylic acid groups (broad SMARTS) is 1. The van der Waals surface area contributed by atoms with Gasteiger partial charge in [0.1, 0.15) is 5.01 Å². The van der Waals surface area contributed by atoms with Crippen LogP contribution in [-0.2, 0) is 0 Å². The highest BCUT2D eigenvalue weighted by molar-refractivity contribution is 7.17. The van der Waals surface area contributed by atoms with Crippen molar-refractivity contribution in [1.82, 2.24) is 4.98 Å². The van der Waals surface area contributed by atoms with Gasteiger partial charge in [0.25, 0.3) is 0 Å². The molecule has 0 aliphatic carbocycles. The van der Waals surface area contributed by atoms with Crippen molar-refractivity contribution >= 4 is 28.9 Å². The van der Waals surface area contributed by atoms with Crippen LogP contribution in [0.3, 0.4) is 0 Å². The fraction of sp³-hybridized carbons (Fsp3) is 0.154. The summed E-state index contributed by atoms with van der Waals surface area (Å²) >= 11 is 1.27. The second-order valence-electron chi connectivity index (χ2n) is 3.97. The Morgan fingerprint density at radius 3 is 2.58 bits per heavy atom. The van der Waals surface area contributed by atoms with E-state index >= 15 is 0 Å². The van der Waals surface area contributed by atoms with E-state index in [9.17, 15) is 9.59 Å².